The third-order valence-electron chi connectivity index (χ3n) is 4.17. The van der Waals surface area contributed by atoms with E-state index >= 15 is 0 Å². The lowest BCUT2D eigenvalue weighted by molar-refractivity contribution is 0.251. The van der Waals surface area contributed by atoms with Crippen molar-refractivity contribution in [1.29, 1.82) is 0 Å². The number of pyridine rings is 1. The number of carbonyl (C=O) groups excluding carboxylic acids is 1. The highest BCUT2D eigenvalue weighted by atomic mass is 35.5. The highest BCUT2D eigenvalue weighted by Crippen LogP contribution is 2.32. The Kier molecular flexibility index (Phi) is 5.84. The first-order valence-electron chi connectivity index (χ1n) is 8.84. The molecule has 2 amide bonds. The van der Waals surface area contributed by atoms with Crippen LogP contribution in [-0.2, 0) is 6.54 Å². The van der Waals surface area contributed by atoms with Gasteiger partial charge < -0.3 is 15.5 Å². The molecule has 0 radical (unpaired) electrons. The fourth-order valence-electron chi connectivity index (χ4n) is 2.93. The number of anilines is 2. The van der Waals surface area contributed by atoms with Crippen LogP contribution in [-0.4, -0.2) is 34.9 Å². The molecule has 146 valence electrons. The summed E-state index contributed by atoms with van der Waals surface area (Å²) in [5, 5.41) is 10.7. The van der Waals surface area contributed by atoms with Crippen LogP contribution in [0.25, 0.3) is 5.82 Å². The van der Waals surface area contributed by atoms with Crippen LogP contribution in [0.5, 0.6) is 0 Å². The van der Waals surface area contributed by atoms with E-state index in [1.165, 1.54) is 0 Å². The molecule has 0 saturated carbocycles. The van der Waals surface area contributed by atoms with Crippen LogP contribution in [0.1, 0.15) is 17.0 Å². The van der Waals surface area contributed by atoms with E-state index in [2.05, 4.69) is 20.7 Å². The normalized spacial score (nSPS) is 10.6. The van der Waals surface area contributed by atoms with Crippen molar-refractivity contribution >= 4 is 29.0 Å². The highest BCUT2D eigenvalue weighted by Gasteiger charge is 2.12. The Morgan fingerprint density at radius 1 is 1.21 bits per heavy atom. The molecule has 0 aliphatic rings. The van der Waals surface area contributed by atoms with Crippen LogP contribution in [0.4, 0.5) is 16.2 Å². The minimum Gasteiger partial charge on any atom is -0.375 e. The Morgan fingerprint density at radius 2 is 2.00 bits per heavy atom. The maximum atomic E-state index is 12.3. The molecule has 0 spiro atoms. The van der Waals surface area contributed by atoms with Gasteiger partial charge in [-0.3, -0.25) is 0 Å². The van der Waals surface area contributed by atoms with E-state index in [0.717, 1.165) is 28.5 Å². The van der Waals surface area contributed by atoms with Gasteiger partial charge in [-0.15, -0.1) is 0 Å². The molecule has 28 heavy (non-hydrogen) atoms. The monoisotopic (exact) mass is 398 g/mol. The predicted octanol–water partition coefficient (Wildman–Crippen LogP) is 3.93. The van der Waals surface area contributed by atoms with Crippen molar-refractivity contribution in [3.8, 4) is 5.82 Å². The zero-order valence-corrected chi connectivity index (χ0v) is 17.1. The van der Waals surface area contributed by atoms with E-state index in [4.69, 9.17) is 11.6 Å². The largest absolute Gasteiger partial charge is 0.375 e. The van der Waals surface area contributed by atoms with Gasteiger partial charge in [0.05, 0.1) is 22.1 Å². The lowest BCUT2D eigenvalue weighted by atomic mass is 10.2. The average molecular weight is 399 g/mol. The van der Waals surface area contributed by atoms with E-state index in [-0.39, 0.29) is 6.03 Å². The zero-order valence-electron chi connectivity index (χ0n) is 16.3. The van der Waals surface area contributed by atoms with Crippen LogP contribution in [0.3, 0.4) is 0 Å². The number of aryl methyl sites for hydroxylation is 2. The minimum atomic E-state index is -0.312. The smallest absolute Gasteiger partial charge is 0.319 e. The third kappa shape index (κ3) is 4.43. The Bertz CT molecular complexity index is 981. The second-order valence-electron chi connectivity index (χ2n) is 6.70. The van der Waals surface area contributed by atoms with Crippen molar-refractivity contribution in [2.24, 2.45) is 0 Å². The summed E-state index contributed by atoms with van der Waals surface area (Å²) in [7, 11) is 3.75. The highest BCUT2D eigenvalue weighted by molar-refractivity contribution is 6.34. The summed E-state index contributed by atoms with van der Waals surface area (Å²) in [6.45, 7) is 4.29. The molecule has 2 aromatic heterocycles. The van der Waals surface area contributed by atoms with Gasteiger partial charge in [0, 0.05) is 32.5 Å². The predicted molar refractivity (Wildman–Crippen MR) is 112 cm³/mol. The summed E-state index contributed by atoms with van der Waals surface area (Å²) in [5.41, 5.74) is 4.26. The lowest BCUT2D eigenvalue weighted by Crippen LogP contribution is -2.29. The van der Waals surface area contributed by atoms with Crippen LogP contribution in [0.2, 0.25) is 5.02 Å². The molecule has 0 fully saturated rings. The molecular weight excluding hydrogens is 376 g/mol. The van der Waals surface area contributed by atoms with Crippen LogP contribution in [0.15, 0.2) is 42.6 Å². The molecule has 0 unspecified atom stereocenters. The first-order valence-corrected chi connectivity index (χ1v) is 9.22. The quantitative estimate of drug-likeness (QED) is 0.682. The van der Waals surface area contributed by atoms with E-state index in [0.29, 0.717) is 17.3 Å². The summed E-state index contributed by atoms with van der Waals surface area (Å²) in [4.78, 5) is 18.6. The molecule has 3 rings (SSSR count). The fraction of sp³-hybridized carbons (Fsp3) is 0.250. The van der Waals surface area contributed by atoms with Gasteiger partial charge in [-0.1, -0.05) is 23.7 Å². The number of amides is 2. The van der Waals surface area contributed by atoms with Gasteiger partial charge in [-0.2, -0.15) is 5.10 Å². The minimum absolute atomic E-state index is 0.312. The molecular formula is C20H23ClN6O. The molecule has 0 aliphatic heterocycles. The van der Waals surface area contributed by atoms with E-state index in [1.807, 2.05) is 57.1 Å². The number of hydrogen-bond acceptors (Lipinski definition) is 4. The SMILES string of the molecule is Cc1cc(C)n(-c2ccc(CNC(=O)Nc3cccc(Cl)c3N(C)C)cn2)n1. The van der Waals surface area contributed by atoms with Crippen molar-refractivity contribution in [1.82, 2.24) is 20.1 Å². The summed E-state index contributed by atoms with van der Waals surface area (Å²) in [5.74, 6) is 0.744. The average Bonchev–Trinajstić information content (AvgIpc) is 2.98. The molecule has 0 saturated heterocycles. The van der Waals surface area contributed by atoms with Gasteiger partial charge in [0.25, 0.3) is 0 Å². The Morgan fingerprint density at radius 3 is 2.61 bits per heavy atom. The van der Waals surface area contributed by atoms with Gasteiger partial charge in [0.1, 0.15) is 0 Å². The topological polar surface area (TPSA) is 75.1 Å². The van der Waals surface area contributed by atoms with E-state index in [1.54, 1.807) is 23.0 Å². The van der Waals surface area contributed by atoms with Gasteiger partial charge in [-0.05, 0) is 43.7 Å². The Labute approximate surface area is 169 Å². The van der Waals surface area contributed by atoms with Crippen molar-refractivity contribution in [2.45, 2.75) is 20.4 Å². The number of halogens is 1. The number of benzene rings is 1. The fourth-order valence-corrected chi connectivity index (χ4v) is 3.27. The number of aromatic nitrogens is 3. The Hall–Kier alpha value is -3.06. The second-order valence-corrected chi connectivity index (χ2v) is 7.11. The summed E-state index contributed by atoms with van der Waals surface area (Å²) in [6, 6.07) is 10.9. The van der Waals surface area contributed by atoms with Crippen molar-refractivity contribution in [2.75, 3.05) is 24.3 Å². The standard InChI is InChI=1S/C20H23ClN6O/c1-13-10-14(2)27(25-13)18-9-8-15(11-22-18)12-23-20(28)24-17-7-5-6-16(21)19(17)26(3)4/h5-11H,12H2,1-4H3,(H2,23,24,28). The molecule has 7 nitrogen and oxygen atoms in total. The summed E-state index contributed by atoms with van der Waals surface area (Å²) < 4.78 is 1.79. The first kappa shape index (κ1) is 19.7. The van der Waals surface area contributed by atoms with E-state index < -0.39 is 0 Å². The molecule has 0 bridgehead atoms. The zero-order chi connectivity index (χ0) is 20.3. The first-order chi connectivity index (χ1) is 13.3. The molecule has 3 aromatic rings. The number of urea groups is 1. The number of carbonyl (C=O) groups is 1. The van der Waals surface area contributed by atoms with Crippen molar-refractivity contribution < 1.29 is 4.79 Å². The molecule has 2 heterocycles. The van der Waals surface area contributed by atoms with Crippen LogP contribution < -0.4 is 15.5 Å². The number of para-hydroxylation sites is 1. The van der Waals surface area contributed by atoms with Gasteiger partial charge in [0.15, 0.2) is 5.82 Å². The Balaban J connectivity index is 1.63. The van der Waals surface area contributed by atoms with Crippen LogP contribution in [0, 0.1) is 13.8 Å². The maximum absolute atomic E-state index is 12.3. The number of nitrogens with zero attached hydrogens (tertiary/aromatic N) is 4. The molecule has 0 atom stereocenters. The van der Waals surface area contributed by atoms with Crippen molar-refractivity contribution in [3.05, 3.63) is 64.6 Å². The van der Waals surface area contributed by atoms with Crippen molar-refractivity contribution in [3.63, 3.8) is 0 Å². The molecule has 0 aliphatic carbocycles. The number of nitrogens with one attached hydrogen (secondary N) is 2. The van der Waals surface area contributed by atoms with Gasteiger partial charge >= 0.3 is 6.03 Å². The summed E-state index contributed by atoms with van der Waals surface area (Å²) >= 11 is 6.23. The van der Waals surface area contributed by atoms with Gasteiger partial charge in [0.2, 0.25) is 0 Å². The number of rotatable bonds is 5. The second kappa shape index (κ2) is 8.31. The van der Waals surface area contributed by atoms with Gasteiger partial charge in [-0.25, -0.2) is 14.5 Å². The number of hydrogen-bond donors (Lipinski definition) is 2. The molecule has 1 aromatic carbocycles. The molecule has 2 N–H and O–H groups in total. The van der Waals surface area contributed by atoms with E-state index in [9.17, 15) is 4.79 Å². The third-order valence-corrected chi connectivity index (χ3v) is 4.48. The summed E-state index contributed by atoms with van der Waals surface area (Å²) in [6.07, 6.45) is 1.73. The molecule has 8 heteroatoms. The maximum Gasteiger partial charge on any atom is 0.319 e. The van der Waals surface area contributed by atoms with Crippen LogP contribution >= 0.6 is 11.6 Å². The lowest BCUT2D eigenvalue weighted by Gasteiger charge is -2.19.